The summed E-state index contributed by atoms with van der Waals surface area (Å²) in [6.45, 7) is 0. The van der Waals surface area contributed by atoms with E-state index in [0.29, 0.717) is 0 Å². The topological polar surface area (TPSA) is 12.9 Å². The van der Waals surface area contributed by atoms with Crippen LogP contribution in [0.4, 0.5) is 0 Å². The number of hydrogen-bond donors (Lipinski definition) is 0. The molecule has 0 radical (unpaired) electrons. The predicted octanol–water partition coefficient (Wildman–Crippen LogP) is -1.13. The van der Waals surface area contributed by atoms with Gasteiger partial charge >= 0.3 is 26.8 Å². The molecule has 0 unspecified atom stereocenters. The summed E-state index contributed by atoms with van der Waals surface area (Å²) >= 11 is 0.750. The molecule has 1 rings (SSSR count). The maximum Gasteiger partial charge on any atom is 0.0267 e. The Balaban J connectivity index is 0. The fourth-order valence-electron chi connectivity index (χ4n) is 0.313. The first-order valence-corrected chi connectivity index (χ1v) is 5.31. The van der Waals surface area contributed by atoms with Crippen molar-refractivity contribution < 1.29 is 12.4 Å². The maximum absolute atomic E-state index is 3.78. The van der Waals surface area contributed by atoms with E-state index in [2.05, 4.69) is 16.6 Å². The minimum absolute atomic E-state index is 0. The van der Waals surface area contributed by atoms with Crippen molar-refractivity contribution in [2.24, 2.45) is 0 Å². The van der Waals surface area contributed by atoms with Crippen molar-refractivity contribution in [3.05, 3.63) is 30.6 Å². The van der Waals surface area contributed by atoms with Gasteiger partial charge in [0, 0.05) is 12.4 Å². The SMILES string of the molecule is [CH3][Al+][CH3].[Cl-].c1ccncc1. The normalized spacial score (nSPS) is 5.80. The summed E-state index contributed by atoms with van der Waals surface area (Å²) in [5, 5.41) is 0. The van der Waals surface area contributed by atoms with Gasteiger partial charge in [-0.3, -0.25) is 4.98 Å². The largest absolute Gasteiger partial charge is 1.00 e. The Hall–Kier alpha value is -0.0275. The Morgan fingerprint density at radius 1 is 1.00 bits per heavy atom. The van der Waals surface area contributed by atoms with Crippen LogP contribution in [0.1, 0.15) is 0 Å². The zero-order chi connectivity index (χ0) is 6.95. The number of rotatable bonds is 0. The van der Waals surface area contributed by atoms with Gasteiger partial charge in [-0.1, -0.05) is 6.07 Å². The Kier molecular flexibility index (Phi) is 14.8. The molecule has 0 atom stereocenters. The summed E-state index contributed by atoms with van der Waals surface area (Å²) in [5.41, 5.74) is 0. The minimum atomic E-state index is 0. The molecule has 1 aromatic rings. The molecule has 10 heavy (non-hydrogen) atoms. The third-order valence-corrected chi connectivity index (χ3v) is 0.566. The molecule has 0 saturated carbocycles. The monoisotopic (exact) mass is 171 g/mol. The van der Waals surface area contributed by atoms with E-state index in [1.54, 1.807) is 12.4 Å². The molecule has 1 aromatic heterocycles. The summed E-state index contributed by atoms with van der Waals surface area (Å²) in [6, 6.07) is 5.72. The molecule has 0 aromatic carbocycles. The first-order chi connectivity index (χ1) is 4.41. The predicted molar refractivity (Wildman–Crippen MR) is 41.7 cm³/mol. The molecule has 3 heteroatoms. The summed E-state index contributed by atoms with van der Waals surface area (Å²) < 4.78 is 0. The van der Waals surface area contributed by atoms with Crippen molar-refractivity contribution in [2.45, 2.75) is 11.6 Å². The third-order valence-electron chi connectivity index (χ3n) is 0.566. The molecule has 0 saturated heterocycles. The van der Waals surface area contributed by atoms with Crippen molar-refractivity contribution in [2.75, 3.05) is 0 Å². The van der Waals surface area contributed by atoms with Gasteiger partial charge in [0.1, 0.15) is 0 Å². The molecular formula is C7H11AlClN. The molecular weight excluding hydrogens is 161 g/mol. The smallest absolute Gasteiger partial charge is 0.0267 e. The molecule has 0 bridgehead atoms. The Labute approximate surface area is 75.0 Å². The van der Waals surface area contributed by atoms with Gasteiger partial charge in [0.2, 0.25) is 0 Å². The minimum Gasteiger partial charge on any atom is -1.00 e. The van der Waals surface area contributed by atoms with Crippen molar-refractivity contribution in [1.82, 2.24) is 4.98 Å². The summed E-state index contributed by atoms with van der Waals surface area (Å²) in [6.07, 6.45) is 3.50. The van der Waals surface area contributed by atoms with Crippen molar-refractivity contribution in [1.29, 1.82) is 0 Å². The molecule has 0 aliphatic heterocycles. The fraction of sp³-hybridized carbons (Fsp3) is 0.286. The van der Waals surface area contributed by atoms with Gasteiger partial charge in [0.25, 0.3) is 0 Å². The van der Waals surface area contributed by atoms with Crippen LogP contribution in [0, 0.1) is 0 Å². The van der Waals surface area contributed by atoms with Crippen LogP contribution in [0.5, 0.6) is 0 Å². The van der Waals surface area contributed by atoms with E-state index in [1.165, 1.54) is 0 Å². The van der Waals surface area contributed by atoms with Crippen LogP contribution in [0.3, 0.4) is 0 Å². The molecule has 0 amide bonds. The number of halogens is 1. The van der Waals surface area contributed by atoms with Crippen molar-refractivity contribution in [3.63, 3.8) is 0 Å². The van der Waals surface area contributed by atoms with Crippen LogP contribution in [-0.2, 0) is 0 Å². The molecule has 1 heterocycles. The van der Waals surface area contributed by atoms with Gasteiger partial charge in [0.15, 0.2) is 0 Å². The van der Waals surface area contributed by atoms with E-state index in [4.69, 9.17) is 0 Å². The van der Waals surface area contributed by atoms with E-state index in [9.17, 15) is 0 Å². The molecule has 0 aliphatic carbocycles. The van der Waals surface area contributed by atoms with Gasteiger partial charge in [-0.15, -0.1) is 0 Å². The Bertz CT molecular complexity index is 96.5. The van der Waals surface area contributed by atoms with Gasteiger partial charge in [-0.2, -0.15) is 0 Å². The average Bonchev–Trinajstić information content (AvgIpc) is 1.93. The van der Waals surface area contributed by atoms with E-state index in [-0.39, 0.29) is 12.4 Å². The molecule has 0 N–H and O–H groups in total. The average molecular weight is 172 g/mol. The second-order valence-corrected chi connectivity index (χ2v) is 2.76. The zero-order valence-corrected chi connectivity index (χ0v) is 8.20. The molecule has 54 valence electrons. The summed E-state index contributed by atoms with van der Waals surface area (Å²) in [5.74, 6) is 4.42. The van der Waals surface area contributed by atoms with Gasteiger partial charge in [-0.05, 0) is 12.1 Å². The van der Waals surface area contributed by atoms with Crippen molar-refractivity contribution in [3.8, 4) is 0 Å². The van der Waals surface area contributed by atoms with Crippen LogP contribution in [-0.4, -0.2) is 20.2 Å². The molecule has 0 aliphatic rings. The van der Waals surface area contributed by atoms with Gasteiger partial charge in [0.05, 0.1) is 0 Å². The van der Waals surface area contributed by atoms with E-state index in [1.807, 2.05) is 18.2 Å². The molecule has 1 nitrogen and oxygen atoms in total. The van der Waals surface area contributed by atoms with Crippen LogP contribution >= 0.6 is 0 Å². The Morgan fingerprint density at radius 2 is 1.40 bits per heavy atom. The van der Waals surface area contributed by atoms with E-state index >= 15 is 0 Å². The van der Waals surface area contributed by atoms with Crippen LogP contribution in [0.15, 0.2) is 30.6 Å². The van der Waals surface area contributed by atoms with Crippen LogP contribution in [0.2, 0.25) is 11.6 Å². The number of pyridine rings is 1. The van der Waals surface area contributed by atoms with Crippen LogP contribution in [0.25, 0.3) is 0 Å². The van der Waals surface area contributed by atoms with Crippen molar-refractivity contribution >= 4 is 15.2 Å². The first kappa shape index (κ1) is 12.6. The van der Waals surface area contributed by atoms with Gasteiger partial charge in [-0.25, -0.2) is 0 Å². The summed E-state index contributed by atoms with van der Waals surface area (Å²) in [4.78, 5) is 3.78. The van der Waals surface area contributed by atoms with Gasteiger partial charge < -0.3 is 12.4 Å². The third kappa shape index (κ3) is 10.9. The standard InChI is InChI=1S/C5H5N.2CH3.Al.ClH/c1-2-4-6-5-3-1;;;;/h1-5H;2*1H3;;1H/q;;;+1;/p-1. The zero-order valence-electron chi connectivity index (χ0n) is 6.29. The van der Waals surface area contributed by atoms with Crippen LogP contribution < -0.4 is 12.4 Å². The second kappa shape index (κ2) is 11.7. The summed E-state index contributed by atoms with van der Waals surface area (Å²) in [7, 11) is 0. The number of hydrogen-bond acceptors (Lipinski definition) is 1. The first-order valence-electron chi connectivity index (χ1n) is 3.00. The fourth-order valence-corrected chi connectivity index (χ4v) is 0.313. The van der Waals surface area contributed by atoms with E-state index in [0.717, 1.165) is 15.2 Å². The molecule has 0 spiro atoms. The maximum atomic E-state index is 3.78. The Morgan fingerprint density at radius 3 is 1.50 bits per heavy atom. The second-order valence-electron chi connectivity index (χ2n) is 1.60. The molecule has 0 fully saturated rings. The van der Waals surface area contributed by atoms with E-state index < -0.39 is 0 Å². The number of nitrogens with zero attached hydrogens (tertiary/aromatic N) is 1. The quantitative estimate of drug-likeness (QED) is 0.451. The number of aromatic nitrogens is 1.